The summed E-state index contributed by atoms with van der Waals surface area (Å²) in [6.45, 7) is 11.3. The van der Waals surface area contributed by atoms with Crippen LogP contribution in [0.15, 0.2) is 73.3 Å². The quantitative estimate of drug-likeness (QED) is 0.399. The van der Waals surface area contributed by atoms with Gasteiger partial charge in [0.05, 0.1) is 6.10 Å². The van der Waals surface area contributed by atoms with Gasteiger partial charge in [-0.05, 0) is 42.1 Å². The van der Waals surface area contributed by atoms with E-state index in [4.69, 9.17) is 9.47 Å². The Labute approximate surface area is 192 Å². The van der Waals surface area contributed by atoms with Crippen LogP contribution in [0.3, 0.4) is 0 Å². The summed E-state index contributed by atoms with van der Waals surface area (Å²) in [5, 5.41) is 22.7. The minimum Gasteiger partial charge on any atom is -0.424 e. The van der Waals surface area contributed by atoms with Crippen molar-refractivity contribution in [3.8, 4) is 0 Å². The van der Waals surface area contributed by atoms with E-state index < -0.39 is 43.6 Å². The lowest BCUT2D eigenvalue weighted by Crippen LogP contribution is -2.65. The summed E-state index contributed by atoms with van der Waals surface area (Å²) in [6.07, 6.45) is -0.818. The van der Waals surface area contributed by atoms with Crippen LogP contribution in [0, 0.1) is 0 Å². The monoisotopic (exact) mass is 456 g/mol. The van der Waals surface area contributed by atoms with E-state index in [1.807, 2.05) is 60.7 Å². The summed E-state index contributed by atoms with van der Waals surface area (Å²) in [5.74, 6) is -0.903. The van der Waals surface area contributed by atoms with Gasteiger partial charge in [0.2, 0.25) is 0 Å². The zero-order valence-corrected chi connectivity index (χ0v) is 20.4. The topological polar surface area (TPSA) is 79.2 Å². The largest absolute Gasteiger partial charge is 0.424 e. The fourth-order valence-electron chi connectivity index (χ4n) is 4.67. The molecule has 1 heterocycles. The van der Waals surface area contributed by atoms with Crippen LogP contribution in [0.5, 0.6) is 0 Å². The van der Waals surface area contributed by atoms with Gasteiger partial charge in [-0.1, -0.05) is 80.6 Å². The van der Waals surface area contributed by atoms with Crippen molar-refractivity contribution in [3.05, 3.63) is 73.3 Å². The molecule has 1 fully saturated rings. The smallest absolute Gasteiger partial charge is 0.258 e. The molecule has 0 unspecified atom stereocenters. The van der Waals surface area contributed by atoms with Gasteiger partial charge < -0.3 is 24.5 Å². The van der Waals surface area contributed by atoms with Crippen molar-refractivity contribution in [3.63, 3.8) is 0 Å². The van der Waals surface area contributed by atoms with E-state index in [0.717, 1.165) is 10.4 Å². The maximum absolute atomic E-state index is 12.3. The minimum atomic E-state index is -3.16. The Hall–Kier alpha value is -1.80. The van der Waals surface area contributed by atoms with Crippen molar-refractivity contribution in [2.24, 2.45) is 0 Å². The Morgan fingerprint density at radius 2 is 1.44 bits per heavy atom. The molecule has 4 atom stereocenters. The van der Waals surface area contributed by atoms with Gasteiger partial charge in [-0.3, -0.25) is 0 Å². The lowest BCUT2D eigenvalue weighted by atomic mass is 9.96. The Kier molecular flexibility index (Phi) is 7.44. The number of rotatable bonds is 9. The van der Waals surface area contributed by atoms with Gasteiger partial charge in [0.15, 0.2) is 5.79 Å². The second-order valence-electron chi connectivity index (χ2n) is 9.72. The molecule has 1 aliphatic rings. The molecule has 0 saturated carbocycles. The highest BCUT2D eigenvalue weighted by Gasteiger charge is 2.51. The van der Waals surface area contributed by atoms with Crippen molar-refractivity contribution in [1.29, 1.82) is 0 Å². The fourth-order valence-corrected chi connectivity index (χ4v) is 8.43. The Bertz CT molecular complexity index is 844. The molecule has 1 aliphatic heterocycles. The van der Waals surface area contributed by atoms with E-state index in [9.17, 15) is 15.0 Å². The predicted molar refractivity (Wildman–Crippen MR) is 129 cm³/mol. The number of aliphatic hydroxyl groups excluding tert-OH is 2. The van der Waals surface area contributed by atoms with E-state index in [-0.39, 0.29) is 0 Å². The molecule has 0 amide bonds. The molecule has 0 aliphatic carbocycles. The number of ether oxygens (including phenoxy) is 2. The first kappa shape index (κ1) is 24.8. The predicted octanol–water partition coefficient (Wildman–Crippen LogP) is 2.73. The number of hydrogen-bond acceptors (Lipinski definition) is 5. The van der Waals surface area contributed by atoms with E-state index >= 15 is 0 Å². The van der Waals surface area contributed by atoms with Gasteiger partial charge in [0.25, 0.3) is 8.32 Å². The molecule has 32 heavy (non-hydrogen) atoms. The number of aliphatic hydroxyl groups is 2. The highest BCUT2D eigenvalue weighted by molar-refractivity contribution is 6.98. The summed E-state index contributed by atoms with van der Waals surface area (Å²) < 4.78 is 11.8. The lowest BCUT2D eigenvalue weighted by molar-refractivity contribution is -0.159. The molecule has 0 bridgehead atoms. The van der Waals surface area contributed by atoms with Crippen molar-refractivity contribution < 1.29 is 24.5 Å². The van der Waals surface area contributed by atoms with Crippen molar-refractivity contribution in [2.45, 2.75) is 75.8 Å². The normalized spacial score (nSPS) is 23.0. The molecule has 0 radical (unpaired) electrons. The zero-order chi connectivity index (χ0) is 23.6. The van der Waals surface area contributed by atoms with Crippen LogP contribution < -0.4 is 10.4 Å². The van der Waals surface area contributed by atoms with Crippen LogP contribution >= 0.6 is 0 Å². The second-order valence-corrected chi connectivity index (χ2v) is 13.7. The van der Waals surface area contributed by atoms with Gasteiger partial charge in [-0.15, -0.1) is 6.58 Å². The third kappa shape index (κ3) is 4.91. The molecule has 0 spiro atoms. The summed E-state index contributed by atoms with van der Waals surface area (Å²) in [4.78, 5) is 12.3. The SMILES string of the molecule is C=C[C@H](O)[C@@H]1OC(C)(C)O[C@@H]1[C@H](O)CCC(C)(C)[Si](O)(c1ccccc1)c1ccccc1. The van der Waals surface area contributed by atoms with Gasteiger partial charge in [0, 0.05) is 0 Å². The first-order valence-electron chi connectivity index (χ1n) is 11.2. The number of benzene rings is 2. The van der Waals surface area contributed by atoms with E-state index in [1.165, 1.54) is 6.08 Å². The Balaban J connectivity index is 1.85. The lowest BCUT2D eigenvalue weighted by Gasteiger charge is -2.42. The van der Waals surface area contributed by atoms with Crippen LogP contribution in [0.25, 0.3) is 0 Å². The third-order valence-corrected chi connectivity index (χ3v) is 11.1. The summed E-state index contributed by atoms with van der Waals surface area (Å²) in [6, 6.07) is 19.7. The first-order valence-corrected chi connectivity index (χ1v) is 13.1. The molecule has 5 nitrogen and oxygen atoms in total. The van der Waals surface area contributed by atoms with Crippen molar-refractivity contribution in [2.75, 3.05) is 0 Å². The molecule has 0 aromatic heterocycles. The Morgan fingerprint density at radius 3 is 1.91 bits per heavy atom. The number of hydrogen-bond donors (Lipinski definition) is 3. The highest BCUT2D eigenvalue weighted by Crippen LogP contribution is 2.41. The Morgan fingerprint density at radius 1 is 0.969 bits per heavy atom. The molecular weight excluding hydrogens is 420 g/mol. The average Bonchev–Trinajstić information content (AvgIpc) is 3.13. The van der Waals surface area contributed by atoms with E-state index in [0.29, 0.717) is 12.8 Å². The maximum Gasteiger partial charge on any atom is 0.258 e. The molecule has 2 aromatic carbocycles. The van der Waals surface area contributed by atoms with Crippen LogP contribution in [0.2, 0.25) is 5.04 Å². The molecular formula is C26H36O5Si. The molecule has 6 heteroatoms. The molecule has 3 N–H and O–H groups in total. The molecule has 174 valence electrons. The molecule has 1 saturated heterocycles. The minimum absolute atomic E-state index is 0.395. The van der Waals surface area contributed by atoms with Crippen molar-refractivity contribution >= 4 is 18.7 Å². The van der Waals surface area contributed by atoms with Gasteiger partial charge >= 0.3 is 0 Å². The summed E-state index contributed by atoms with van der Waals surface area (Å²) in [7, 11) is -3.16. The standard InChI is InChI=1S/C26H36O5Si/c1-6-21(27)23-24(31-26(4,5)30-23)22(28)17-18-25(2,3)32(29,19-13-9-7-10-14-19)20-15-11-8-12-16-20/h6-16,21-24,27-29H,1,17-18H2,2-5H3/t21-,22+,23-,24+/m0/s1. The molecule has 2 aromatic rings. The van der Waals surface area contributed by atoms with Gasteiger partial charge in [-0.25, -0.2) is 0 Å². The summed E-state index contributed by atoms with van der Waals surface area (Å²) >= 11 is 0. The third-order valence-electron chi connectivity index (χ3n) is 6.55. The average molecular weight is 457 g/mol. The van der Waals surface area contributed by atoms with Crippen LogP contribution in [0.4, 0.5) is 0 Å². The van der Waals surface area contributed by atoms with Crippen LogP contribution in [0.1, 0.15) is 40.5 Å². The fraction of sp³-hybridized carbons (Fsp3) is 0.462. The summed E-state index contributed by atoms with van der Waals surface area (Å²) in [5.41, 5.74) is 0. The van der Waals surface area contributed by atoms with Crippen LogP contribution in [-0.4, -0.2) is 53.5 Å². The van der Waals surface area contributed by atoms with Gasteiger partial charge in [0.1, 0.15) is 18.3 Å². The van der Waals surface area contributed by atoms with Crippen molar-refractivity contribution in [1.82, 2.24) is 0 Å². The first-order chi connectivity index (χ1) is 15.0. The second kappa shape index (κ2) is 9.59. The van der Waals surface area contributed by atoms with E-state index in [2.05, 4.69) is 20.4 Å². The highest BCUT2D eigenvalue weighted by atomic mass is 28.4. The van der Waals surface area contributed by atoms with Crippen LogP contribution in [-0.2, 0) is 9.47 Å². The maximum atomic E-state index is 12.3. The van der Waals surface area contributed by atoms with E-state index in [1.54, 1.807) is 13.8 Å². The molecule has 3 rings (SSSR count). The van der Waals surface area contributed by atoms with Gasteiger partial charge in [-0.2, -0.15) is 0 Å². The zero-order valence-electron chi connectivity index (χ0n) is 19.4.